The molecule has 0 aromatic heterocycles. The molecule has 0 aliphatic carbocycles. The fraction of sp³-hybridized carbons (Fsp3) is 0.778. The third kappa shape index (κ3) is 4.75. The molecule has 15 heavy (non-hydrogen) atoms. The maximum atomic E-state index is 11.3. The zero-order valence-corrected chi connectivity index (χ0v) is 8.86. The average molecular weight is 222 g/mol. The molecule has 88 valence electrons. The number of carboxylic acid groups (broad SMARTS) is 1. The topological polar surface area (TPSA) is 107 Å². The van der Waals surface area contributed by atoms with Crippen molar-refractivity contribution in [1.29, 1.82) is 0 Å². The van der Waals surface area contributed by atoms with Gasteiger partial charge >= 0.3 is 5.97 Å². The minimum Gasteiger partial charge on any atom is -0.481 e. The lowest BCUT2D eigenvalue weighted by Gasteiger charge is -2.26. The molecule has 0 radical (unpaired) electrons. The van der Waals surface area contributed by atoms with Crippen LogP contribution in [-0.4, -0.2) is 46.5 Å². The summed E-state index contributed by atoms with van der Waals surface area (Å²) in [5, 5.41) is 29.0. The molecular formula is C9H17NO5. The first kappa shape index (κ1) is 13.9. The van der Waals surface area contributed by atoms with Gasteiger partial charge in [0.25, 0.3) is 0 Å². The van der Waals surface area contributed by atoms with E-state index in [1.165, 1.54) is 13.8 Å². The molecule has 0 fully saturated rings. The van der Waals surface area contributed by atoms with Crippen molar-refractivity contribution in [3.05, 3.63) is 0 Å². The van der Waals surface area contributed by atoms with Gasteiger partial charge in [0.15, 0.2) is 0 Å². The van der Waals surface area contributed by atoms with E-state index < -0.39 is 23.4 Å². The number of aliphatic carboxylic acids is 1. The molecule has 0 bridgehead atoms. The zero-order chi connectivity index (χ0) is 12.1. The summed E-state index contributed by atoms with van der Waals surface area (Å²) in [7, 11) is 0. The van der Waals surface area contributed by atoms with Crippen LogP contribution in [0, 0.1) is 5.41 Å². The van der Waals surface area contributed by atoms with Crippen LogP contribution in [0.25, 0.3) is 0 Å². The predicted octanol–water partition coefficient (Wildman–Crippen LogP) is -1.04. The fourth-order valence-electron chi connectivity index (χ4n) is 0.831. The second kappa shape index (κ2) is 5.67. The van der Waals surface area contributed by atoms with E-state index in [9.17, 15) is 14.7 Å². The molecule has 0 saturated carbocycles. The Morgan fingerprint density at radius 1 is 1.40 bits per heavy atom. The lowest BCUT2D eigenvalue weighted by atomic mass is 9.87. The van der Waals surface area contributed by atoms with Crippen molar-refractivity contribution in [2.24, 2.45) is 5.41 Å². The molecule has 0 heterocycles. The summed E-state index contributed by atoms with van der Waals surface area (Å²) in [5.74, 6) is -1.69. The van der Waals surface area contributed by atoms with Crippen molar-refractivity contribution < 1.29 is 24.9 Å². The van der Waals surface area contributed by atoms with Crippen molar-refractivity contribution in [1.82, 2.24) is 5.32 Å². The Labute approximate surface area is 87.9 Å². The van der Waals surface area contributed by atoms with Crippen molar-refractivity contribution >= 4 is 11.9 Å². The van der Waals surface area contributed by atoms with Crippen LogP contribution < -0.4 is 5.32 Å². The van der Waals surface area contributed by atoms with E-state index in [1.807, 2.05) is 0 Å². The van der Waals surface area contributed by atoms with Gasteiger partial charge in [-0.3, -0.25) is 9.59 Å². The van der Waals surface area contributed by atoms with E-state index in [0.717, 1.165) is 0 Å². The molecule has 0 aliphatic rings. The maximum absolute atomic E-state index is 11.3. The molecule has 0 spiro atoms. The number of carbonyl (C=O) groups is 2. The number of hydrogen-bond acceptors (Lipinski definition) is 4. The molecule has 1 amide bonds. The average Bonchev–Trinajstić information content (AvgIpc) is 2.15. The van der Waals surface area contributed by atoms with Gasteiger partial charge in [-0.2, -0.15) is 0 Å². The summed E-state index contributed by atoms with van der Waals surface area (Å²) < 4.78 is 0. The van der Waals surface area contributed by atoms with Crippen LogP contribution in [0.15, 0.2) is 0 Å². The molecule has 0 saturated heterocycles. The highest BCUT2D eigenvalue weighted by atomic mass is 16.5. The molecule has 0 unspecified atom stereocenters. The summed E-state index contributed by atoms with van der Waals surface area (Å²) in [6, 6.07) is 0. The van der Waals surface area contributed by atoms with Crippen LogP contribution in [0.3, 0.4) is 0 Å². The van der Waals surface area contributed by atoms with E-state index in [1.54, 1.807) is 0 Å². The number of carboxylic acids is 1. The normalized spacial score (nSPS) is 13.3. The Bertz CT molecular complexity index is 239. The van der Waals surface area contributed by atoms with Gasteiger partial charge in [0.05, 0.1) is 13.0 Å². The highest BCUT2D eigenvalue weighted by molar-refractivity contribution is 5.81. The minimum absolute atomic E-state index is 0.0350. The summed E-state index contributed by atoms with van der Waals surface area (Å²) in [6.07, 6.45) is -1.55. The van der Waals surface area contributed by atoms with Crippen LogP contribution in [0.4, 0.5) is 0 Å². The Balaban J connectivity index is 4.05. The molecule has 0 aromatic rings. The van der Waals surface area contributed by atoms with Gasteiger partial charge in [-0.1, -0.05) is 13.8 Å². The molecule has 0 aromatic carbocycles. The summed E-state index contributed by atoms with van der Waals surface area (Å²) in [6.45, 7) is 2.70. The van der Waals surface area contributed by atoms with E-state index in [4.69, 9.17) is 10.2 Å². The highest BCUT2D eigenvalue weighted by Crippen LogP contribution is 2.19. The first-order valence-corrected chi connectivity index (χ1v) is 4.59. The first-order chi connectivity index (χ1) is 6.81. The fourth-order valence-corrected chi connectivity index (χ4v) is 0.831. The number of aliphatic hydroxyl groups is 2. The second-order valence-corrected chi connectivity index (χ2v) is 3.98. The van der Waals surface area contributed by atoms with Gasteiger partial charge in [0, 0.05) is 12.0 Å². The van der Waals surface area contributed by atoms with Crippen LogP contribution >= 0.6 is 0 Å². The van der Waals surface area contributed by atoms with Crippen molar-refractivity contribution in [3.63, 3.8) is 0 Å². The standard InChI is InChI=1S/C9H17NO5/c1-9(2,5-11)7(14)8(15)10-4-3-6(12)13/h7,11,14H,3-5H2,1-2H3,(H,10,15)(H,12,13)/t7-/m0/s1/i3+1,4+1,6+1. The number of hydrogen-bond donors (Lipinski definition) is 4. The van der Waals surface area contributed by atoms with Crippen LogP contribution in [0.5, 0.6) is 0 Å². The summed E-state index contributed by atoms with van der Waals surface area (Å²) >= 11 is 0. The van der Waals surface area contributed by atoms with E-state index >= 15 is 0 Å². The lowest BCUT2D eigenvalue weighted by molar-refractivity contribution is -0.138. The number of amides is 1. The SMILES string of the molecule is CC(C)(CO)[C@@H](O)C(=O)N[13CH2][13CH2][13C](=O)O. The van der Waals surface area contributed by atoms with E-state index in [0.29, 0.717) is 0 Å². The number of rotatable bonds is 6. The van der Waals surface area contributed by atoms with E-state index in [-0.39, 0.29) is 19.6 Å². The van der Waals surface area contributed by atoms with Gasteiger partial charge in [0.2, 0.25) is 5.91 Å². The monoisotopic (exact) mass is 222 g/mol. The predicted molar refractivity (Wildman–Crippen MR) is 52.1 cm³/mol. The molecule has 1 atom stereocenters. The van der Waals surface area contributed by atoms with Crippen molar-refractivity contribution in [2.75, 3.05) is 13.2 Å². The maximum Gasteiger partial charge on any atom is 0.305 e. The number of nitrogens with one attached hydrogen (secondary N) is 1. The zero-order valence-electron chi connectivity index (χ0n) is 8.86. The summed E-state index contributed by atoms with van der Waals surface area (Å²) in [5.41, 5.74) is -0.937. The second-order valence-electron chi connectivity index (χ2n) is 3.98. The lowest BCUT2D eigenvalue weighted by Crippen LogP contribution is -2.45. The van der Waals surface area contributed by atoms with Crippen LogP contribution in [0.1, 0.15) is 20.3 Å². The number of aliphatic hydroxyl groups excluding tert-OH is 2. The Morgan fingerprint density at radius 2 is 1.93 bits per heavy atom. The third-order valence-corrected chi connectivity index (χ3v) is 2.03. The van der Waals surface area contributed by atoms with Crippen LogP contribution in [0.2, 0.25) is 0 Å². The molecule has 6 heteroatoms. The molecule has 0 rings (SSSR count). The molecule has 6 nitrogen and oxygen atoms in total. The Morgan fingerprint density at radius 3 is 2.33 bits per heavy atom. The summed E-state index contributed by atoms with van der Waals surface area (Å²) in [4.78, 5) is 21.4. The first-order valence-electron chi connectivity index (χ1n) is 4.59. The third-order valence-electron chi connectivity index (χ3n) is 2.03. The van der Waals surface area contributed by atoms with Gasteiger partial charge in [-0.25, -0.2) is 0 Å². The Hall–Kier alpha value is -1.14. The molecule has 4 N–H and O–H groups in total. The van der Waals surface area contributed by atoms with Crippen LogP contribution in [-0.2, 0) is 9.59 Å². The minimum atomic E-state index is -1.35. The number of carbonyl (C=O) groups excluding carboxylic acids is 1. The molecular weight excluding hydrogens is 205 g/mol. The van der Waals surface area contributed by atoms with Gasteiger partial charge in [0.1, 0.15) is 6.10 Å². The largest absolute Gasteiger partial charge is 0.481 e. The van der Waals surface area contributed by atoms with Crippen molar-refractivity contribution in [2.45, 2.75) is 26.4 Å². The van der Waals surface area contributed by atoms with Gasteiger partial charge < -0.3 is 20.6 Å². The molecule has 0 aliphatic heterocycles. The van der Waals surface area contributed by atoms with Gasteiger partial charge in [-0.15, -0.1) is 0 Å². The quantitative estimate of drug-likeness (QED) is 0.429. The van der Waals surface area contributed by atoms with E-state index in [2.05, 4.69) is 5.32 Å². The van der Waals surface area contributed by atoms with Gasteiger partial charge in [-0.05, 0) is 0 Å². The van der Waals surface area contributed by atoms with Crippen molar-refractivity contribution in [3.8, 4) is 0 Å². The Kier molecular flexibility index (Phi) is 5.24. The smallest absolute Gasteiger partial charge is 0.305 e. The highest BCUT2D eigenvalue weighted by Gasteiger charge is 2.32.